The first kappa shape index (κ1) is 7.77. The lowest BCUT2D eigenvalue weighted by Crippen LogP contribution is -1.93. The van der Waals surface area contributed by atoms with Gasteiger partial charge in [-0.25, -0.2) is 0 Å². The smallest absolute Gasteiger partial charge is 0.153 e. The Morgan fingerprint density at radius 3 is 1.36 bits per heavy atom. The van der Waals surface area contributed by atoms with E-state index >= 15 is 0 Å². The molecule has 0 spiro atoms. The molecule has 67 valence electrons. The van der Waals surface area contributed by atoms with Gasteiger partial charge in [-0.2, -0.15) is 0 Å². The number of rotatable bonds is 0. The second-order valence-electron chi connectivity index (χ2n) is 3.44. The lowest BCUT2D eigenvalue weighted by atomic mass is 10.1. The first-order valence-electron chi connectivity index (χ1n) is 4.63. The normalized spacial score (nSPS) is 13.8. The molecule has 2 aromatic rings. The summed E-state index contributed by atoms with van der Waals surface area (Å²) in [6, 6.07) is 15.9. The van der Waals surface area contributed by atoms with Crippen molar-refractivity contribution in [3.05, 3.63) is 65.8 Å². The number of hydrogen-bond donors (Lipinski definition) is 1. The van der Waals surface area contributed by atoms with Crippen LogP contribution in [0.15, 0.2) is 48.5 Å². The van der Waals surface area contributed by atoms with Crippen molar-refractivity contribution in [2.24, 2.45) is 0 Å². The van der Waals surface area contributed by atoms with E-state index in [0.29, 0.717) is 6.10 Å². The van der Waals surface area contributed by atoms with Crippen molar-refractivity contribution in [1.29, 1.82) is 0 Å². The standard InChI is InChI=1S/C13H9O/c14-13-11-7-3-1-5-9(11)10-6-2-4-8-12(10)13/h1-8,14H. The van der Waals surface area contributed by atoms with E-state index < -0.39 is 0 Å². The summed E-state index contributed by atoms with van der Waals surface area (Å²) >= 11 is 0. The largest absolute Gasteiger partial charge is 0.377 e. The van der Waals surface area contributed by atoms with Crippen LogP contribution in [-0.4, -0.2) is 5.11 Å². The SMILES string of the molecule is O[C]1c2ccccc2-c2ccccc21. The third-order valence-corrected chi connectivity index (χ3v) is 2.65. The average molecular weight is 181 g/mol. The lowest BCUT2D eigenvalue weighted by molar-refractivity contribution is 0.360. The van der Waals surface area contributed by atoms with E-state index in [4.69, 9.17) is 0 Å². The van der Waals surface area contributed by atoms with E-state index in [-0.39, 0.29) is 0 Å². The Labute approximate surface area is 82.6 Å². The Hall–Kier alpha value is -1.60. The Kier molecular flexibility index (Phi) is 1.49. The van der Waals surface area contributed by atoms with Crippen molar-refractivity contribution in [3.63, 3.8) is 0 Å². The van der Waals surface area contributed by atoms with Crippen molar-refractivity contribution in [2.45, 2.75) is 0 Å². The molecule has 1 heteroatoms. The summed E-state index contributed by atoms with van der Waals surface area (Å²) in [5.41, 5.74) is 4.13. The molecule has 0 heterocycles. The van der Waals surface area contributed by atoms with Gasteiger partial charge in [-0.05, 0) is 22.3 Å². The van der Waals surface area contributed by atoms with Crippen LogP contribution in [-0.2, 0) is 0 Å². The second kappa shape index (κ2) is 2.69. The Morgan fingerprint density at radius 2 is 0.929 bits per heavy atom. The number of aliphatic hydroxyl groups excluding tert-OH is 1. The molecule has 1 radical (unpaired) electrons. The molecule has 2 aromatic carbocycles. The number of aliphatic hydroxyl groups is 1. The third kappa shape index (κ3) is 0.875. The van der Waals surface area contributed by atoms with Crippen LogP contribution in [0.2, 0.25) is 0 Å². The highest BCUT2D eigenvalue weighted by atomic mass is 16.3. The zero-order chi connectivity index (χ0) is 9.54. The first-order chi connectivity index (χ1) is 6.88. The van der Waals surface area contributed by atoms with Crippen LogP contribution < -0.4 is 0 Å². The van der Waals surface area contributed by atoms with Crippen LogP contribution >= 0.6 is 0 Å². The summed E-state index contributed by atoms with van der Waals surface area (Å²) in [5, 5.41) is 9.95. The zero-order valence-electron chi connectivity index (χ0n) is 7.57. The molecule has 0 aromatic heterocycles. The molecule has 1 aliphatic rings. The number of fused-ring (bicyclic) bond motifs is 3. The second-order valence-corrected chi connectivity index (χ2v) is 3.44. The molecule has 1 N–H and O–H groups in total. The summed E-state index contributed by atoms with van der Waals surface area (Å²) in [6.07, 6.45) is 0.399. The molecule has 3 rings (SSSR count). The van der Waals surface area contributed by atoms with Crippen molar-refractivity contribution in [2.75, 3.05) is 0 Å². The van der Waals surface area contributed by atoms with Crippen molar-refractivity contribution in [3.8, 4) is 11.1 Å². The molecule has 0 bridgehead atoms. The van der Waals surface area contributed by atoms with E-state index in [2.05, 4.69) is 0 Å². The maximum Gasteiger partial charge on any atom is 0.153 e. The number of benzene rings is 2. The minimum Gasteiger partial charge on any atom is -0.377 e. The summed E-state index contributed by atoms with van der Waals surface area (Å²) in [4.78, 5) is 0. The predicted molar refractivity (Wildman–Crippen MR) is 55.3 cm³/mol. The highest BCUT2D eigenvalue weighted by molar-refractivity contribution is 5.82. The van der Waals surface area contributed by atoms with Gasteiger partial charge in [0.1, 0.15) is 0 Å². The third-order valence-electron chi connectivity index (χ3n) is 2.65. The van der Waals surface area contributed by atoms with Gasteiger partial charge in [0, 0.05) is 0 Å². The maximum absolute atomic E-state index is 9.95. The highest BCUT2D eigenvalue weighted by Crippen LogP contribution is 2.41. The molecule has 0 amide bonds. The molecule has 0 fully saturated rings. The van der Waals surface area contributed by atoms with Gasteiger partial charge < -0.3 is 5.11 Å². The highest BCUT2D eigenvalue weighted by Gasteiger charge is 2.26. The van der Waals surface area contributed by atoms with Crippen LogP contribution in [0.4, 0.5) is 0 Å². The van der Waals surface area contributed by atoms with Crippen LogP contribution in [0, 0.1) is 6.10 Å². The average Bonchev–Trinajstić information content (AvgIpc) is 2.55. The molecule has 0 saturated carbocycles. The van der Waals surface area contributed by atoms with Crippen molar-refractivity contribution in [1.82, 2.24) is 0 Å². The number of hydrogen-bond acceptors (Lipinski definition) is 1. The molecule has 0 atom stereocenters. The summed E-state index contributed by atoms with van der Waals surface area (Å²) < 4.78 is 0. The fraction of sp³-hybridized carbons (Fsp3) is 0. The molecule has 14 heavy (non-hydrogen) atoms. The molecule has 1 aliphatic carbocycles. The van der Waals surface area contributed by atoms with Gasteiger partial charge >= 0.3 is 0 Å². The molecular formula is C13H9O. The molecular weight excluding hydrogens is 172 g/mol. The van der Waals surface area contributed by atoms with Gasteiger partial charge in [0.25, 0.3) is 0 Å². The molecule has 0 aliphatic heterocycles. The first-order valence-corrected chi connectivity index (χ1v) is 4.63. The molecule has 0 unspecified atom stereocenters. The molecule has 1 nitrogen and oxygen atoms in total. The van der Waals surface area contributed by atoms with E-state index in [1.165, 1.54) is 0 Å². The van der Waals surface area contributed by atoms with E-state index in [1.807, 2.05) is 48.5 Å². The van der Waals surface area contributed by atoms with Gasteiger partial charge in [0.2, 0.25) is 0 Å². The Bertz CT molecular complexity index is 443. The predicted octanol–water partition coefficient (Wildman–Crippen LogP) is 2.97. The minimum absolute atomic E-state index is 0.399. The fourth-order valence-corrected chi connectivity index (χ4v) is 1.99. The van der Waals surface area contributed by atoms with E-state index in [9.17, 15) is 5.11 Å². The topological polar surface area (TPSA) is 20.2 Å². The quantitative estimate of drug-likeness (QED) is 0.662. The van der Waals surface area contributed by atoms with Gasteiger partial charge in [-0.15, -0.1) is 0 Å². The Balaban J connectivity index is 2.36. The van der Waals surface area contributed by atoms with Crippen LogP contribution in [0.1, 0.15) is 11.1 Å². The molecule has 0 saturated heterocycles. The fourth-order valence-electron chi connectivity index (χ4n) is 1.99. The van der Waals surface area contributed by atoms with Crippen LogP contribution in [0.5, 0.6) is 0 Å². The van der Waals surface area contributed by atoms with Gasteiger partial charge in [-0.1, -0.05) is 48.5 Å². The minimum atomic E-state index is 0.399. The van der Waals surface area contributed by atoms with E-state index in [1.54, 1.807) is 0 Å². The van der Waals surface area contributed by atoms with Crippen LogP contribution in [0.25, 0.3) is 11.1 Å². The maximum atomic E-state index is 9.95. The van der Waals surface area contributed by atoms with Gasteiger partial charge in [0.05, 0.1) is 0 Å². The van der Waals surface area contributed by atoms with Crippen LogP contribution in [0.3, 0.4) is 0 Å². The lowest BCUT2D eigenvalue weighted by Gasteiger charge is -2.01. The van der Waals surface area contributed by atoms with E-state index in [0.717, 1.165) is 22.3 Å². The zero-order valence-corrected chi connectivity index (χ0v) is 7.57. The monoisotopic (exact) mass is 181 g/mol. The summed E-state index contributed by atoms with van der Waals surface area (Å²) in [5.74, 6) is 0. The van der Waals surface area contributed by atoms with Gasteiger partial charge in [0.15, 0.2) is 6.10 Å². The van der Waals surface area contributed by atoms with Gasteiger partial charge in [-0.3, -0.25) is 0 Å². The van der Waals surface area contributed by atoms with Crippen molar-refractivity contribution < 1.29 is 5.11 Å². The summed E-state index contributed by atoms with van der Waals surface area (Å²) in [6.45, 7) is 0. The van der Waals surface area contributed by atoms with Crippen molar-refractivity contribution >= 4 is 0 Å². The Morgan fingerprint density at radius 1 is 0.571 bits per heavy atom. The summed E-state index contributed by atoms with van der Waals surface area (Å²) in [7, 11) is 0.